The number of amides is 2. The van der Waals surface area contributed by atoms with E-state index in [-0.39, 0.29) is 30.8 Å². The van der Waals surface area contributed by atoms with Crippen LogP contribution >= 0.6 is 0 Å². The molecule has 0 aromatic heterocycles. The van der Waals surface area contributed by atoms with E-state index in [9.17, 15) is 14.4 Å². The van der Waals surface area contributed by atoms with E-state index in [1.54, 1.807) is 13.8 Å². The lowest BCUT2D eigenvalue weighted by atomic mass is 9.98. The number of benzene rings is 2. The first-order valence-electron chi connectivity index (χ1n) is 11.9. The molecule has 0 radical (unpaired) electrons. The molecule has 2 N–H and O–H groups in total. The van der Waals surface area contributed by atoms with Crippen molar-refractivity contribution in [1.82, 2.24) is 10.2 Å². The number of carbonyl (C=O) groups is 3. The summed E-state index contributed by atoms with van der Waals surface area (Å²) in [6, 6.07) is 14.9. The maximum atomic E-state index is 13.2. The van der Waals surface area contributed by atoms with E-state index in [4.69, 9.17) is 9.84 Å². The van der Waals surface area contributed by atoms with Gasteiger partial charge in [0.05, 0.1) is 6.42 Å². The number of likely N-dealkylation sites (N-methyl/N-ethyl adjacent to an activating group) is 1. The molecular formula is C27H34N2O5. The number of hydrogen-bond donors (Lipinski definition) is 2. The summed E-state index contributed by atoms with van der Waals surface area (Å²) in [5, 5.41) is 11.9. The lowest BCUT2D eigenvalue weighted by molar-refractivity contribution is -0.141. The molecule has 2 atom stereocenters. The molecule has 0 heterocycles. The minimum absolute atomic E-state index is 0.0693. The van der Waals surface area contributed by atoms with Crippen molar-refractivity contribution in [3.05, 3.63) is 59.7 Å². The molecule has 0 spiro atoms. The van der Waals surface area contributed by atoms with Crippen LogP contribution in [0.2, 0.25) is 0 Å². The van der Waals surface area contributed by atoms with Gasteiger partial charge in [0, 0.05) is 18.5 Å². The van der Waals surface area contributed by atoms with Gasteiger partial charge in [0.15, 0.2) is 0 Å². The zero-order valence-corrected chi connectivity index (χ0v) is 20.3. The number of rotatable bonds is 10. The van der Waals surface area contributed by atoms with Crippen LogP contribution in [-0.4, -0.2) is 53.2 Å². The zero-order chi connectivity index (χ0) is 24.8. The normalized spacial score (nSPS) is 14.1. The number of hydrogen-bond acceptors (Lipinski definition) is 4. The summed E-state index contributed by atoms with van der Waals surface area (Å²) in [6.07, 6.45) is -0.374. The SMILES string of the molecule is CCN(C(=O)[C@H](CC(C)C)NC(=O)OCC1c2ccccc2-c2ccccc21)C(C)CC(=O)O. The van der Waals surface area contributed by atoms with E-state index < -0.39 is 24.1 Å². The van der Waals surface area contributed by atoms with Crippen LogP contribution in [0.15, 0.2) is 48.5 Å². The Hall–Kier alpha value is -3.35. The van der Waals surface area contributed by atoms with Gasteiger partial charge in [0.2, 0.25) is 5.91 Å². The van der Waals surface area contributed by atoms with Crippen molar-refractivity contribution in [2.75, 3.05) is 13.2 Å². The smallest absolute Gasteiger partial charge is 0.407 e. The average Bonchev–Trinajstić information content (AvgIpc) is 3.10. The first kappa shape index (κ1) is 25.3. The molecule has 0 aliphatic heterocycles. The summed E-state index contributed by atoms with van der Waals surface area (Å²) in [5.74, 6) is -1.18. The first-order valence-corrected chi connectivity index (χ1v) is 11.9. The molecule has 7 heteroatoms. The number of alkyl carbamates (subject to hydrolysis) is 1. The van der Waals surface area contributed by atoms with Crippen LogP contribution in [0.1, 0.15) is 57.6 Å². The largest absolute Gasteiger partial charge is 0.481 e. The topological polar surface area (TPSA) is 95.9 Å². The van der Waals surface area contributed by atoms with E-state index in [0.717, 1.165) is 22.3 Å². The number of carboxylic acids is 1. The Morgan fingerprint density at radius 1 is 1.00 bits per heavy atom. The van der Waals surface area contributed by atoms with Crippen LogP contribution in [0.4, 0.5) is 4.79 Å². The summed E-state index contributed by atoms with van der Waals surface area (Å²) < 4.78 is 5.63. The molecule has 3 rings (SSSR count). The predicted octanol–water partition coefficient (Wildman–Crippen LogP) is 4.65. The molecule has 0 bridgehead atoms. The standard InChI is InChI=1S/C27H34N2O5/c1-5-29(18(4)15-25(30)31)26(32)24(14-17(2)3)28-27(33)34-16-23-21-12-8-6-10-19(21)20-11-7-9-13-22(20)23/h6-13,17-18,23-24H,5,14-16H2,1-4H3,(H,28,33)(H,30,31)/t18?,24-/m0/s1. The molecule has 7 nitrogen and oxygen atoms in total. The fourth-order valence-electron chi connectivity index (χ4n) is 4.72. The minimum atomic E-state index is -0.969. The third kappa shape index (κ3) is 5.76. The van der Waals surface area contributed by atoms with E-state index in [1.165, 1.54) is 4.90 Å². The van der Waals surface area contributed by atoms with Gasteiger partial charge in [-0.3, -0.25) is 9.59 Å². The molecule has 0 saturated carbocycles. The van der Waals surface area contributed by atoms with Gasteiger partial charge in [-0.15, -0.1) is 0 Å². The third-order valence-electron chi connectivity index (χ3n) is 6.27. The van der Waals surface area contributed by atoms with Crippen molar-refractivity contribution in [2.45, 2.75) is 58.5 Å². The number of ether oxygens (including phenoxy) is 1. The third-order valence-corrected chi connectivity index (χ3v) is 6.27. The van der Waals surface area contributed by atoms with Crippen LogP contribution in [0, 0.1) is 5.92 Å². The van der Waals surface area contributed by atoms with Gasteiger partial charge in [-0.05, 0) is 48.4 Å². The van der Waals surface area contributed by atoms with Crippen molar-refractivity contribution < 1.29 is 24.2 Å². The molecule has 182 valence electrons. The maximum Gasteiger partial charge on any atom is 0.407 e. The van der Waals surface area contributed by atoms with Crippen LogP contribution < -0.4 is 5.32 Å². The highest BCUT2D eigenvalue weighted by molar-refractivity contribution is 5.86. The Kier molecular flexibility index (Phi) is 8.31. The molecule has 0 saturated heterocycles. The van der Waals surface area contributed by atoms with Crippen molar-refractivity contribution >= 4 is 18.0 Å². The fraction of sp³-hybridized carbons (Fsp3) is 0.444. The average molecular weight is 467 g/mol. The van der Waals surface area contributed by atoms with Gasteiger partial charge >= 0.3 is 12.1 Å². The molecule has 2 aromatic rings. The second-order valence-corrected chi connectivity index (χ2v) is 9.22. The molecule has 0 fully saturated rings. The quantitative estimate of drug-likeness (QED) is 0.531. The van der Waals surface area contributed by atoms with Gasteiger partial charge in [-0.1, -0.05) is 62.4 Å². The molecule has 1 aliphatic carbocycles. The molecule has 1 unspecified atom stereocenters. The van der Waals surface area contributed by atoms with Crippen molar-refractivity contribution in [1.29, 1.82) is 0 Å². The van der Waals surface area contributed by atoms with Gasteiger partial charge in [-0.2, -0.15) is 0 Å². The Morgan fingerprint density at radius 2 is 1.56 bits per heavy atom. The van der Waals surface area contributed by atoms with Crippen LogP contribution in [0.5, 0.6) is 0 Å². The summed E-state index contributed by atoms with van der Waals surface area (Å²) in [5.41, 5.74) is 4.52. The van der Waals surface area contributed by atoms with Crippen LogP contribution in [0.3, 0.4) is 0 Å². The Balaban J connectivity index is 1.70. The number of nitrogens with one attached hydrogen (secondary N) is 1. The molecule has 2 aromatic carbocycles. The number of aliphatic carboxylic acids is 1. The Morgan fingerprint density at radius 3 is 2.06 bits per heavy atom. The molecule has 34 heavy (non-hydrogen) atoms. The Labute approximate surface area is 201 Å². The highest BCUT2D eigenvalue weighted by Gasteiger charge is 2.32. The maximum absolute atomic E-state index is 13.2. The van der Waals surface area contributed by atoms with Gasteiger partial charge in [-0.25, -0.2) is 4.79 Å². The lowest BCUT2D eigenvalue weighted by Gasteiger charge is -2.31. The number of carboxylic acid groups (broad SMARTS) is 1. The summed E-state index contributed by atoms with van der Waals surface area (Å²) in [4.78, 5) is 38.6. The van der Waals surface area contributed by atoms with Gasteiger partial charge in [0.25, 0.3) is 0 Å². The van der Waals surface area contributed by atoms with Gasteiger partial charge < -0.3 is 20.1 Å². The second-order valence-electron chi connectivity index (χ2n) is 9.22. The van der Waals surface area contributed by atoms with E-state index >= 15 is 0 Å². The molecular weight excluding hydrogens is 432 g/mol. The highest BCUT2D eigenvalue weighted by atomic mass is 16.5. The highest BCUT2D eigenvalue weighted by Crippen LogP contribution is 2.44. The summed E-state index contributed by atoms with van der Waals surface area (Å²) in [7, 11) is 0. The lowest BCUT2D eigenvalue weighted by Crippen LogP contribution is -2.52. The fourth-order valence-corrected chi connectivity index (χ4v) is 4.72. The minimum Gasteiger partial charge on any atom is -0.481 e. The number of fused-ring (bicyclic) bond motifs is 3. The first-order chi connectivity index (χ1) is 16.2. The van der Waals surface area contributed by atoms with Crippen LogP contribution in [0.25, 0.3) is 11.1 Å². The molecule has 1 aliphatic rings. The van der Waals surface area contributed by atoms with Crippen LogP contribution in [-0.2, 0) is 14.3 Å². The molecule has 2 amide bonds. The zero-order valence-electron chi connectivity index (χ0n) is 20.3. The van der Waals surface area contributed by atoms with Crippen molar-refractivity contribution in [3.8, 4) is 11.1 Å². The van der Waals surface area contributed by atoms with E-state index in [0.29, 0.717) is 13.0 Å². The number of carbonyl (C=O) groups excluding carboxylic acids is 2. The number of nitrogens with zero attached hydrogens (tertiary/aromatic N) is 1. The second kappa shape index (κ2) is 11.2. The summed E-state index contributed by atoms with van der Waals surface area (Å²) in [6.45, 7) is 7.96. The summed E-state index contributed by atoms with van der Waals surface area (Å²) >= 11 is 0. The van der Waals surface area contributed by atoms with Crippen molar-refractivity contribution in [3.63, 3.8) is 0 Å². The van der Waals surface area contributed by atoms with Crippen molar-refractivity contribution in [2.24, 2.45) is 5.92 Å². The monoisotopic (exact) mass is 466 g/mol. The van der Waals surface area contributed by atoms with E-state index in [1.807, 2.05) is 38.1 Å². The van der Waals surface area contributed by atoms with Gasteiger partial charge in [0.1, 0.15) is 12.6 Å². The van der Waals surface area contributed by atoms with E-state index in [2.05, 4.69) is 29.6 Å². The predicted molar refractivity (Wildman–Crippen MR) is 131 cm³/mol. The Bertz CT molecular complexity index is 990.